The number of amides is 1. The molecule has 23 heavy (non-hydrogen) atoms. The zero-order valence-corrected chi connectivity index (χ0v) is 11.9. The predicted octanol–water partition coefficient (Wildman–Crippen LogP) is 2.35. The van der Waals surface area contributed by atoms with Crippen LogP contribution >= 0.6 is 0 Å². The van der Waals surface area contributed by atoms with Gasteiger partial charge in [-0.25, -0.2) is 4.99 Å². The van der Waals surface area contributed by atoms with Crippen LogP contribution in [-0.2, 0) is 4.79 Å². The van der Waals surface area contributed by atoms with E-state index < -0.39 is 6.75 Å². The molecule has 114 valence electrons. The van der Waals surface area contributed by atoms with Gasteiger partial charge in [-0.15, -0.1) is 0 Å². The van der Waals surface area contributed by atoms with Gasteiger partial charge in [0.15, 0.2) is 11.5 Å². The topological polar surface area (TPSA) is 72.0 Å². The highest BCUT2D eigenvalue weighted by Gasteiger charge is 2.20. The summed E-state index contributed by atoms with van der Waals surface area (Å²) in [6.45, 7) is -2.18. The molecule has 6 heteroatoms. The fourth-order valence-electron chi connectivity index (χ4n) is 2.23. The third kappa shape index (κ3) is 2.74. The van der Waals surface area contributed by atoms with Crippen molar-refractivity contribution < 1.29 is 17.0 Å². The summed E-state index contributed by atoms with van der Waals surface area (Å²) in [5.41, 5.74) is 1.70. The molecular weight excluding hydrogens is 294 g/mol. The van der Waals surface area contributed by atoms with Crippen LogP contribution in [0.5, 0.6) is 11.5 Å². The van der Waals surface area contributed by atoms with E-state index in [9.17, 15) is 4.79 Å². The molecule has 2 aliphatic rings. The number of anilines is 1. The van der Waals surface area contributed by atoms with E-state index in [4.69, 9.17) is 12.2 Å². The first kappa shape index (κ1) is 11.3. The first-order valence-electron chi connectivity index (χ1n) is 7.94. The van der Waals surface area contributed by atoms with E-state index in [2.05, 4.69) is 15.6 Å². The number of ether oxygens (including phenoxy) is 2. The van der Waals surface area contributed by atoms with E-state index in [1.165, 1.54) is 0 Å². The van der Waals surface area contributed by atoms with Crippen molar-refractivity contribution in [1.82, 2.24) is 5.32 Å². The Morgan fingerprint density at radius 3 is 2.87 bits per heavy atom. The van der Waals surface area contributed by atoms with Gasteiger partial charge >= 0.3 is 0 Å². The van der Waals surface area contributed by atoms with Gasteiger partial charge in [0.1, 0.15) is 8.44 Å². The number of aliphatic imine (C=N–C) groups is 1. The van der Waals surface area contributed by atoms with Crippen LogP contribution in [-0.4, -0.2) is 18.6 Å². The summed E-state index contributed by atoms with van der Waals surface area (Å²) >= 11 is 0. The minimum atomic E-state index is -2.18. The van der Waals surface area contributed by atoms with Crippen LogP contribution in [0.4, 0.5) is 5.69 Å². The van der Waals surface area contributed by atoms with Crippen LogP contribution in [0.15, 0.2) is 59.2 Å². The molecule has 6 nitrogen and oxygen atoms in total. The number of nitrogens with one attached hydrogen (secondary N) is 2. The zero-order valence-electron chi connectivity index (χ0n) is 13.9. The Labute approximate surface area is 135 Å². The molecule has 2 heterocycles. The second-order valence-electron chi connectivity index (χ2n) is 4.93. The maximum Gasteiger partial charge on any atom is 0.276 e. The minimum Gasteiger partial charge on any atom is -0.454 e. The van der Waals surface area contributed by atoms with Gasteiger partial charge in [0.2, 0.25) is 12.7 Å². The van der Waals surface area contributed by atoms with Crippen LogP contribution < -0.4 is 20.1 Å². The van der Waals surface area contributed by atoms with Gasteiger partial charge in [0.25, 0.3) is 5.91 Å². The summed E-state index contributed by atoms with van der Waals surface area (Å²) in [5.74, 6) is 0.619. The second kappa shape index (κ2) is 5.49. The van der Waals surface area contributed by atoms with Gasteiger partial charge in [-0.1, -0.05) is 24.3 Å². The smallest absolute Gasteiger partial charge is 0.276 e. The van der Waals surface area contributed by atoms with Crippen LogP contribution in [0.2, 0.25) is 0 Å². The molecule has 0 saturated heterocycles. The van der Waals surface area contributed by atoms with Crippen LogP contribution in [0.3, 0.4) is 0 Å². The molecule has 2 N–H and O–H groups in total. The molecule has 0 spiro atoms. The number of para-hydroxylation sites is 1. The van der Waals surface area contributed by atoms with Crippen molar-refractivity contribution in [3.8, 4) is 11.5 Å². The number of carbonyl (C=O) groups is 1. The Morgan fingerprint density at radius 2 is 2.00 bits per heavy atom. The lowest BCUT2D eigenvalue weighted by molar-refractivity contribution is -0.115. The summed E-state index contributed by atoms with van der Waals surface area (Å²) in [4.78, 5) is 16.3. The fraction of sp³-hybridized carbons (Fsp3) is 0.0588. The summed E-state index contributed by atoms with van der Waals surface area (Å²) in [6, 6.07) is 14.3. The van der Waals surface area contributed by atoms with Crippen molar-refractivity contribution >= 4 is 23.6 Å². The van der Waals surface area contributed by atoms with Gasteiger partial charge < -0.3 is 14.8 Å². The predicted molar refractivity (Wildman–Crippen MR) is 86.2 cm³/mol. The Morgan fingerprint density at radius 1 is 1.17 bits per heavy atom. The molecule has 0 aliphatic carbocycles. The first-order valence-corrected chi connectivity index (χ1v) is 6.94. The van der Waals surface area contributed by atoms with Crippen molar-refractivity contribution in [3.05, 3.63) is 59.8 Å². The highest BCUT2D eigenvalue weighted by molar-refractivity contribution is 6.17. The minimum absolute atomic E-state index is 0.236. The molecule has 0 saturated carbocycles. The van der Waals surface area contributed by atoms with E-state index in [1.807, 2.05) is 30.3 Å². The van der Waals surface area contributed by atoms with Gasteiger partial charge in [-0.2, -0.15) is 0 Å². The first-order chi connectivity index (χ1) is 12.0. The second-order valence-corrected chi connectivity index (χ2v) is 4.93. The highest BCUT2D eigenvalue weighted by atomic mass is 16.7. The van der Waals surface area contributed by atoms with Crippen molar-refractivity contribution in [1.29, 1.82) is 0 Å². The van der Waals surface area contributed by atoms with Gasteiger partial charge in [0.05, 0.1) is 0 Å². The molecule has 2 aromatic rings. The molecule has 0 unspecified atom stereocenters. The monoisotopic (exact) mass is 309 g/mol. The van der Waals surface area contributed by atoms with E-state index in [0.717, 1.165) is 5.69 Å². The lowest BCUT2D eigenvalue weighted by Crippen LogP contribution is -2.29. The van der Waals surface area contributed by atoms with E-state index in [-0.39, 0.29) is 17.4 Å². The summed E-state index contributed by atoms with van der Waals surface area (Å²) in [7, 11) is 0. The molecule has 4 rings (SSSR count). The van der Waals surface area contributed by atoms with Crippen LogP contribution in [0.1, 0.15) is 8.30 Å². The molecule has 2 aromatic carbocycles. The molecule has 0 bridgehead atoms. The van der Waals surface area contributed by atoms with Gasteiger partial charge in [-0.3, -0.25) is 10.1 Å². The number of hydrogen-bond acceptors (Lipinski definition) is 5. The number of rotatable bonds is 2. The number of benzene rings is 2. The number of hydrogen-bond donors (Lipinski definition) is 2. The van der Waals surface area contributed by atoms with Gasteiger partial charge in [-0.05, 0) is 35.9 Å². The standard InChI is InChI=1S/C17H13N3O3/c21-16-13(8-11-6-7-14-15(9-11)23-10-22-14)19-17(20-16)18-12-4-2-1-3-5-12/h1-9H,10H2,(H2,18,19,20,21)/b13-8-/i10D2. The Kier molecular flexibility index (Phi) is 2.70. The number of guanidine groups is 1. The summed E-state index contributed by atoms with van der Waals surface area (Å²) in [5, 5.41) is 5.68. The Bertz CT molecular complexity index is 911. The van der Waals surface area contributed by atoms with E-state index in [0.29, 0.717) is 17.3 Å². The average Bonchev–Trinajstić information content (AvgIpc) is 3.05. The maximum absolute atomic E-state index is 12.1. The molecule has 0 radical (unpaired) electrons. The molecule has 1 amide bonds. The Balaban J connectivity index is 1.56. The zero-order chi connectivity index (χ0) is 17.4. The third-order valence-electron chi connectivity index (χ3n) is 3.31. The molecule has 0 fully saturated rings. The molecular formula is C17H13N3O3. The Hall–Kier alpha value is -3.28. The van der Waals surface area contributed by atoms with Crippen molar-refractivity contribution in [3.63, 3.8) is 0 Å². The normalized spacial score (nSPS) is 20.6. The van der Waals surface area contributed by atoms with E-state index in [1.54, 1.807) is 24.3 Å². The fourth-order valence-corrected chi connectivity index (χ4v) is 2.23. The molecule has 2 aliphatic heterocycles. The van der Waals surface area contributed by atoms with Crippen LogP contribution in [0, 0.1) is 0 Å². The summed E-state index contributed by atoms with van der Waals surface area (Å²) < 4.78 is 24.9. The van der Waals surface area contributed by atoms with Crippen molar-refractivity contribution in [2.45, 2.75) is 0 Å². The average molecular weight is 309 g/mol. The summed E-state index contributed by atoms with van der Waals surface area (Å²) in [6.07, 6.45) is 1.59. The van der Waals surface area contributed by atoms with Crippen molar-refractivity contribution in [2.75, 3.05) is 12.1 Å². The van der Waals surface area contributed by atoms with E-state index >= 15 is 0 Å². The largest absolute Gasteiger partial charge is 0.454 e. The molecule has 0 atom stereocenters. The quantitative estimate of drug-likeness (QED) is 0.835. The number of nitrogens with zero attached hydrogens (tertiary/aromatic N) is 1. The number of fused-ring (bicyclic) bond motifs is 1. The molecule has 0 aromatic heterocycles. The van der Waals surface area contributed by atoms with Gasteiger partial charge in [0, 0.05) is 5.69 Å². The lowest BCUT2D eigenvalue weighted by atomic mass is 10.1. The maximum atomic E-state index is 12.1. The third-order valence-corrected chi connectivity index (χ3v) is 3.31. The number of carbonyl (C=O) groups excluding carboxylic acids is 1. The highest BCUT2D eigenvalue weighted by Crippen LogP contribution is 2.33. The van der Waals surface area contributed by atoms with Crippen molar-refractivity contribution in [2.24, 2.45) is 4.99 Å². The lowest BCUT2D eigenvalue weighted by Gasteiger charge is -2.03. The van der Waals surface area contributed by atoms with Crippen LogP contribution in [0.25, 0.3) is 6.08 Å². The SMILES string of the molecule is [2H]C1([2H])Oc2ccc(/C=C3\N=C(Nc4ccccc4)NC3=O)cc2O1.